The van der Waals surface area contributed by atoms with Crippen LogP contribution in [0.5, 0.6) is 0 Å². The Hall–Kier alpha value is -2.88. The van der Waals surface area contributed by atoms with E-state index < -0.39 is 0 Å². The van der Waals surface area contributed by atoms with E-state index in [1.165, 1.54) is 24.0 Å². The van der Waals surface area contributed by atoms with Crippen LogP contribution in [0.15, 0.2) is 54.6 Å². The van der Waals surface area contributed by atoms with Gasteiger partial charge in [-0.25, -0.2) is 4.79 Å². The second-order valence-electron chi connectivity index (χ2n) is 8.81. The fraction of sp³-hybridized carbons (Fsp3) is 0.462. The van der Waals surface area contributed by atoms with Crippen LogP contribution in [-0.2, 0) is 13.0 Å². The van der Waals surface area contributed by atoms with Crippen LogP contribution in [0.3, 0.4) is 0 Å². The minimum absolute atomic E-state index is 0.0648. The van der Waals surface area contributed by atoms with Gasteiger partial charge in [0.05, 0.1) is 11.6 Å². The van der Waals surface area contributed by atoms with E-state index in [2.05, 4.69) is 39.4 Å². The zero-order valence-electron chi connectivity index (χ0n) is 18.7. The first kappa shape index (κ1) is 22.3. The SMILES string of the molecule is N#Cc1cccc(CN2CCC(N3CCN(C(=O)NCCc4ccccc4)CC3)CC2)c1. The summed E-state index contributed by atoms with van der Waals surface area (Å²) in [6.07, 6.45) is 3.20. The molecule has 2 aliphatic rings. The monoisotopic (exact) mass is 431 g/mol. The molecule has 0 spiro atoms. The number of likely N-dealkylation sites (tertiary alicyclic amines) is 1. The molecule has 2 fully saturated rings. The average Bonchev–Trinajstić information content (AvgIpc) is 2.85. The highest BCUT2D eigenvalue weighted by Gasteiger charge is 2.28. The molecule has 4 rings (SSSR count). The summed E-state index contributed by atoms with van der Waals surface area (Å²) in [6.45, 7) is 7.29. The smallest absolute Gasteiger partial charge is 0.317 e. The van der Waals surface area contributed by atoms with E-state index in [4.69, 9.17) is 5.26 Å². The molecule has 0 radical (unpaired) electrons. The van der Waals surface area contributed by atoms with Gasteiger partial charge in [0.25, 0.3) is 0 Å². The Morgan fingerprint density at radius 1 is 0.938 bits per heavy atom. The van der Waals surface area contributed by atoms with Crippen LogP contribution < -0.4 is 5.32 Å². The largest absolute Gasteiger partial charge is 0.338 e. The number of carbonyl (C=O) groups excluding carboxylic acids is 1. The van der Waals surface area contributed by atoms with Crippen molar-refractivity contribution >= 4 is 6.03 Å². The third-order valence-corrected chi connectivity index (χ3v) is 6.67. The zero-order chi connectivity index (χ0) is 22.2. The summed E-state index contributed by atoms with van der Waals surface area (Å²) in [5, 5.41) is 12.2. The molecule has 168 valence electrons. The third kappa shape index (κ3) is 6.09. The molecule has 0 bridgehead atoms. The molecular formula is C26H33N5O. The van der Waals surface area contributed by atoms with Gasteiger partial charge < -0.3 is 10.2 Å². The standard InChI is InChI=1S/C26H33N5O/c27-20-23-7-4-8-24(19-23)21-29-13-10-25(11-14-29)30-15-17-31(18-16-30)26(32)28-12-9-22-5-2-1-3-6-22/h1-8,19,25H,9-18,21H2,(H,28,32). The molecule has 0 aliphatic carbocycles. The van der Waals surface area contributed by atoms with E-state index in [9.17, 15) is 4.79 Å². The summed E-state index contributed by atoms with van der Waals surface area (Å²) in [4.78, 5) is 19.5. The van der Waals surface area contributed by atoms with Crippen molar-refractivity contribution < 1.29 is 4.79 Å². The normalized spacial score (nSPS) is 18.3. The molecule has 2 amide bonds. The molecule has 0 atom stereocenters. The molecule has 2 saturated heterocycles. The number of amides is 2. The van der Waals surface area contributed by atoms with Gasteiger partial charge >= 0.3 is 6.03 Å². The summed E-state index contributed by atoms with van der Waals surface area (Å²) in [5.74, 6) is 0. The fourth-order valence-corrected chi connectivity index (χ4v) is 4.80. The first-order valence-corrected chi connectivity index (χ1v) is 11.7. The highest BCUT2D eigenvalue weighted by Crippen LogP contribution is 2.20. The highest BCUT2D eigenvalue weighted by molar-refractivity contribution is 5.74. The predicted octanol–water partition coefficient (Wildman–Crippen LogP) is 3.09. The minimum atomic E-state index is 0.0648. The summed E-state index contributed by atoms with van der Waals surface area (Å²) in [6, 6.07) is 21.1. The van der Waals surface area contributed by atoms with Crippen molar-refractivity contribution in [2.75, 3.05) is 45.8 Å². The molecule has 0 aromatic heterocycles. The number of hydrogen-bond acceptors (Lipinski definition) is 4. The number of benzene rings is 2. The van der Waals surface area contributed by atoms with Gasteiger partial charge in [-0.2, -0.15) is 5.26 Å². The van der Waals surface area contributed by atoms with Crippen LogP contribution in [0.25, 0.3) is 0 Å². The minimum Gasteiger partial charge on any atom is -0.338 e. The topological polar surface area (TPSA) is 62.6 Å². The third-order valence-electron chi connectivity index (χ3n) is 6.67. The summed E-state index contributed by atoms with van der Waals surface area (Å²) >= 11 is 0. The van der Waals surface area contributed by atoms with E-state index in [-0.39, 0.29) is 6.03 Å². The van der Waals surface area contributed by atoms with E-state index in [0.29, 0.717) is 12.6 Å². The highest BCUT2D eigenvalue weighted by atomic mass is 16.2. The number of nitrogens with zero attached hydrogens (tertiary/aromatic N) is 4. The van der Waals surface area contributed by atoms with Gasteiger partial charge in [-0.3, -0.25) is 9.80 Å². The lowest BCUT2D eigenvalue weighted by Gasteiger charge is -2.42. The number of carbonyl (C=O) groups is 1. The Bertz CT molecular complexity index is 909. The van der Waals surface area contributed by atoms with Crippen LogP contribution in [0.2, 0.25) is 0 Å². The van der Waals surface area contributed by atoms with Gasteiger partial charge in [0.15, 0.2) is 0 Å². The van der Waals surface area contributed by atoms with Crippen molar-refractivity contribution in [2.24, 2.45) is 0 Å². The van der Waals surface area contributed by atoms with Crippen molar-refractivity contribution in [3.8, 4) is 6.07 Å². The maximum atomic E-state index is 12.5. The Labute approximate surface area is 191 Å². The molecule has 2 aromatic rings. The van der Waals surface area contributed by atoms with Crippen LogP contribution in [0.4, 0.5) is 4.79 Å². The van der Waals surface area contributed by atoms with Crippen molar-refractivity contribution in [1.29, 1.82) is 5.26 Å². The van der Waals surface area contributed by atoms with Crippen molar-refractivity contribution in [1.82, 2.24) is 20.0 Å². The van der Waals surface area contributed by atoms with Gasteiger partial charge in [-0.05, 0) is 55.6 Å². The number of nitrogens with one attached hydrogen (secondary N) is 1. The average molecular weight is 432 g/mol. The molecular weight excluding hydrogens is 398 g/mol. The second-order valence-corrected chi connectivity index (χ2v) is 8.81. The van der Waals surface area contributed by atoms with E-state index in [0.717, 1.165) is 57.8 Å². The van der Waals surface area contributed by atoms with Crippen LogP contribution in [-0.4, -0.2) is 72.6 Å². The Morgan fingerprint density at radius 2 is 1.66 bits per heavy atom. The molecule has 2 aromatic carbocycles. The number of hydrogen-bond donors (Lipinski definition) is 1. The lowest BCUT2D eigenvalue weighted by Crippen LogP contribution is -2.56. The van der Waals surface area contributed by atoms with Gasteiger partial charge in [-0.15, -0.1) is 0 Å². The maximum absolute atomic E-state index is 12.5. The number of piperidine rings is 1. The van der Waals surface area contributed by atoms with Crippen LogP contribution in [0.1, 0.15) is 29.5 Å². The van der Waals surface area contributed by atoms with Gasteiger partial charge in [0.2, 0.25) is 0 Å². The van der Waals surface area contributed by atoms with Gasteiger partial charge in [-0.1, -0.05) is 42.5 Å². The number of rotatable bonds is 6. The first-order valence-electron chi connectivity index (χ1n) is 11.7. The first-order chi connectivity index (χ1) is 15.7. The summed E-state index contributed by atoms with van der Waals surface area (Å²) < 4.78 is 0. The van der Waals surface area contributed by atoms with Gasteiger partial charge in [0, 0.05) is 45.3 Å². The predicted molar refractivity (Wildman–Crippen MR) is 126 cm³/mol. The lowest BCUT2D eigenvalue weighted by atomic mass is 10.0. The number of urea groups is 1. The van der Waals surface area contributed by atoms with Crippen molar-refractivity contribution in [3.63, 3.8) is 0 Å². The molecule has 2 aliphatic heterocycles. The number of piperazine rings is 1. The van der Waals surface area contributed by atoms with E-state index in [1.807, 2.05) is 41.3 Å². The number of nitriles is 1. The zero-order valence-corrected chi connectivity index (χ0v) is 18.7. The quantitative estimate of drug-likeness (QED) is 0.764. The molecule has 1 N–H and O–H groups in total. The molecule has 0 saturated carbocycles. The van der Waals surface area contributed by atoms with E-state index >= 15 is 0 Å². The Kier molecular flexibility index (Phi) is 7.76. The van der Waals surface area contributed by atoms with Crippen LogP contribution in [0, 0.1) is 11.3 Å². The Morgan fingerprint density at radius 3 is 2.38 bits per heavy atom. The van der Waals surface area contributed by atoms with E-state index in [1.54, 1.807) is 0 Å². The molecule has 6 nitrogen and oxygen atoms in total. The molecule has 32 heavy (non-hydrogen) atoms. The second kappa shape index (κ2) is 11.1. The molecule has 6 heteroatoms. The van der Waals surface area contributed by atoms with Crippen molar-refractivity contribution in [3.05, 3.63) is 71.3 Å². The maximum Gasteiger partial charge on any atom is 0.317 e. The Balaban J connectivity index is 1.15. The van der Waals surface area contributed by atoms with Crippen LogP contribution >= 0.6 is 0 Å². The van der Waals surface area contributed by atoms with Gasteiger partial charge in [0.1, 0.15) is 0 Å². The van der Waals surface area contributed by atoms with Crippen molar-refractivity contribution in [2.45, 2.75) is 31.8 Å². The lowest BCUT2D eigenvalue weighted by molar-refractivity contribution is 0.0669. The molecule has 2 heterocycles. The fourth-order valence-electron chi connectivity index (χ4n) is 4.80. The summed E-state index contributed by atoms with van der Waals surface area (Å²) in [7, 11) is 0. The molecule has 0 unspecified atom stereocenters. The summed E-state index contributed by atoms with van der Waals surface area (Å²) in [5.41, 5.74) is 3.20.